The fourth-order valence-electron chi connectivity index (χ4n) is 4.84. The molecular weight excluding hydrogens is 485 g/mol. The van der Waals surface area contributed by atoms with Crippen LogP contribution in [-0.2, 0) is 11.8 Å². The minimum absolute atomic E-state index is 0.00269. The highest BCUT2D eigenvalue weighted by atomic mass is 19.4. The van der Waals surface area contributed by atoms with Crippen molar-refractivity contribution in [1.29, 1.82) is 0 Å². The van der Waals surface area contributed by atoms with Crippen molar-refractivity contribution in [3.63, 3.8) is 0 Å². The number of benzene rings is 2. The van der Waals surface area contributed by atoms with Crippen LogP contribution in [0, 0.1) is 0 Å². The summed E-state index contributed by atoms with van der Waals surface area (Å²) in [6.45, 7) is 2.49. The van der Waals surface area contributed by atoms with Gasteiger partial charge in [0.25, 0.3) is 0 Å². The zero-order valence-corrected chi connectivity index (χ0v) is 20.0. The van der Waals surface area contributed by atoms with Crippen molar-refractivity contribution in [2.75, 3.05) is 6.61 Å². The lowest BCUT2D eigenvalue weighted by Gasteiger charge is -2.41. The summed E-state index contributed by atoms with van der Waals surface area (Å²) in [7, 11) is 0. The van der Waals surface area contributed by atoms with Gasteiger partial charge in [0.05, 0.1) is 28.5 Å². The normalized spacial score (nSPS) is 23.0. The predicted octanol–water partition coefficient (Wildman–Crippen LogP) is 5.64. The van der Waals surface area contributed by atoms with Crippen LogP contribution < -0.4 is 14.8 Å². The van der Waals surface area contributed by atoms with Crippen LogP contribution >= 0.6 is 0 Å². The van der Waals surface area contributed by atoms with Gasteiger partial charge >= 0.3 is 12.8 Å². The molecule has 1 fully saturated rings. The van der Waals surface area contributed by atoms with E-state index >= 15 is 0 Å². The molecule has 1 saturated heterocycles. The number of alkyl halides is 5. The molecule has 1 aromatic heterocycles. The summed E-state index contributed by atoms with van der Waals surface area (Å²) in [4.78, 5) is 4.14. The Balaban J connectivity index is 1.53. The third-order valence-corrected chi connectivity index (χ3v) is 6.32. The Morgan fingerprint density at radius 3 is 2.44 bits per heavy atom. The number of hydrogen-bond donors (Lipinski definition) is 2. The van der Waals surface area contributed by atoms with Gasteiger partial charge in [-0.05, 0) is 57.4 Å². The van der Waals surface area contributed by atoms with Crippen molar-refractivity contribution in [2.24, 2.45) is 0 Å². The topological polar surface area (TPSA) is 68.5 Å². The number of nitrogens with zero attached hydrogens (tertiary/aromatic N) is 2. The molecular formula is C25H28F5N3O3. The summed E-state index contributed by atoms with van der Waals surface area (Å²) < 4.78 is 78.1. The summed E-state index contributed by atoms with van der Waals surface area (Å²) in [6, 6.07) is 7.52. The van der Waals surface area contributed by atoms with Gasteiger partial charge in [-0.2, -0.15) is 22.0 Å². The average Bonchev–Trinajstić information content (AvgIpc) is 3.20. The van der Waals surface area contributed by atoms with E-state index in [9.17, 15) is 27.1 Å². The lowest BCUT2D eigenvalue weighted by molar-refractivity contribution is -0.136. The molecule has 0 saturated carbocycles. The number of ether oxygens (including phenoxy) is 2. The molecule has 4 rings (SSSR count). The van der Waals surface area contributed by atoms with Crippen molar-refractivity contribution in [2.45, 2.75) is 70.1 Å². The Morgan fingerprint density at radius 2 is 1.83 bits per heavy atom. The van der Waals surface area contributed by atoms with Crippen LogP contribution in [0.2, 0.25) is 0 Å². The second-order valence-corrected chi connectivity index (χ2v) is 9.50. The van der Waals surface area contributed by atoms with E-state index in [1.165, 1.54) is 41.2 Å². The average molecular weight is 514 g/mol. The largest absolute Gasteiger partial charge is 0.492 e. The van der Waals surface area contributed by atoms with Gasteiger partial charge in [-0.25, -0.2) is 4.98 Å². The molecule has 3 aromatic rings. The Kier molecular flexibility index (Phi) is 7.16. The molecule has 0 aliphatic carbocycles. The fraction of sp³-hybridized carbons (Fsp3) is 0.480. The minimum atomic E-state index is -4.59. The third-order valence-electron chi connectivity index (χ3n) is 6.32. The number of piperidine rings is 1. The van der Waals surface area contributed by atoms with E-state index in [4.69, 9.17) is 4.74 Å². The van der Waals surface area contributed by atoms with Crippen molar-refractivity contribution >= 4 is 11.0 Å². The van der Waals surface area contributed by atoms with Crippen LogP contribution in [0.5, 0.6) is 11.5 Å². The summed E-state index contributed by atoms with van der Waals surface area (Å²) >= 11 is 0. The quantitative estimate of drug-likeness (QED) is 0.400. The van der Waals surface area contributed by atoms with Crippen LogP contribution in [0.4, 0.5) is 22.0 Å². The van der Waals surface area contributed by atoms with Gasteiger partial charge in [0.1, 0.15) is 18.1 Å². The maximum Gasteiger partial charge on any atom is 0.418 e. The molecule has 3 atom stereocenters. The summed E-state index contributed by atoms with van der Waals surface area (Å²) in [5.74, 6) is 0.0101. The van der Waals surface area contributed by atoms with E-state index < -0.39 is 24.0 Å². The lowest BCUT2D eigenvalue weighted by Crippen LogP contribution is -2.53. The van der Waals surface area contributed by atoms with Gasteiger partial charge in [-0.3, -0.25) is 0 Å². The van der Waals surface area contributed by atoms with Gasteiger partial charge in [0, 0.05) is 24.2 Å². The first-order valence-corrected chi connectivity index (χ1v) is 11.6. The molecule has 0 spiro atoms. The van der Waals surface area contributed by atoms with Crippen LogP contribution in [0.15, 0.2) is 42.7 Å². The third kappa shape index (κ3) is 5.57. The summed E-state index contributed by atoms with van der Waals surface area (Å²) in [5, 5.41) is 14.7. The maximum atomic E-state index is 13.9. The number of rotatable bonds is 7. The lowest BCUT2D eigenvalue weighted by atomic mass is 9.79. The number of fused-ring (bicyclic) bond motifs is 1. The van der Waals surface area contributed by atoms with Crippen LogP contribution in [0.25, 0.3) is 11.0 Å². The molecule has 0 amide bonds. The van der Waals surface area contributed by atoms with Gasteiger partial charge in [-0.1, -0.05) is 12.1 Å². The van der Waals surface area contributed by atoms with Crippen LogP contribution in [0.1, 0.15) is 50.8 Å². The molecule has 0 radical (unpaired) electrons. The highest BCUT2D eigenvalue weighted by molar-refractivity contribution is 5.81. The molecule has 6 nitrogen and oxygen atoms in total. The van der Waals surface area contributed by atoms with Crippen molar-refractivity contribution < 1.29 is 36.5 Å². The molecule has 2 aromatic carbocycles. The molecule has 0 unspecified atom stereocenters. The number of aromatic nitrogens is 2. The van der Waals surface area contributed by atoms with E-state index in [2.05, 4.69) is 15.0 Å². The van der Waals surface area contributed by atoms with Crippen molar-refractivity contribution in [1.82, 2.24) is 14.9 Å². The molecule has 2 heterocycles. The zero-order chi connectivity index (χ0) is 26.3. The van der Waals surface area contributed by atoms with Crippen molar-refractivity contribution in [3.05, 3.63) is 53.9 Å². The highest BCUT2D eigenvalue weighted by Gasteiger charge is 2.39. The molecule has 11 heteroatoms. The Bertz CT molecular complexity index is 1200. The molecule has 1 aliphatic rings. The first-order chi connectivity index (χ1) is 16.9. The number of imidazole rings is 1. The first-order valence-electron chi connectivity index (χ1n) is 11.6. The van der Waals surface area contributed by atoms with E-state index in [0.29, 0.717) is 12.0 Å². The van der Waals surface area contributed by atoms with Gasteiger partial charge in [0.2, 0.25) is 0 Å². The number of hydrogen-bond acceptors (Lipinski definition) is 5. The molecule has 196 valence electrons. The zero-order valence-electron chi connectivity index (χ0n) is 20.0. The van der Waals surface area contributed by atoms with Gasteiger partial charge in [-0.15, -0.1) is 0 Å². The molecule has 2 N–H and O–H groups in total. The van der Waals surface area contributed by atoms with Crippen molar-refractivity contribution in [3.8, 4) is 11.5 Å². The standard InChI is InChI=1S/C25H28F5N3O3/c1-14(2)33-13-31-21-9-19(8-20(22(21)33)25(28,29)30)35-12-17-11-24(34,10-15(3)32-17)16-4-6-18(7-5-16)36-23(26)27/h4-9,13-15,17,23,32,34H,10-12H2,1-3H3/t15-,17-,24-/m0/s1. The number of aliphatic hydroxyl groups is 1. The van der Waals surface area contributed by atoms with Gasteiger partial charge < -0.3 is 24.5 Å². The van der Waals surface area contributed by atoms with Crippen LogP contribution in [0.3, 0.4) is 0 Å². The predicted molar refractivity (Wildman–Crippen MR) is 123 cm³/mol. The SMILES string of the molecule is CC(C)n1cnc2cc(OC[C@@H]3C[C@](O)(c4ccc(OC(F)F)cc4)C[C@H](C)N3)cc(C(F)(F)F)c21. The molecule has 0 bridgehead atoms. The number of nitrogens with one attached hydrogen (secondary N) is 1. The smallest absolute Gasteiger partial charge is 0.418 e. The highest BCUT2D eigenvalue weighted by Crippen LogP contribution is 2.39. The summed E-state index contributed by atoms with van der Waals surface area (Å²) in [5.41, 5.74) is -1.39. The van der Waals surface area contributed by atoms with E-state index in [1.807, 2.05) is 6.92 Å². The van der Waals surface area contributed by atoms with E-state index in [-0.39, 0.29) is 53.7 Å². The van der Waals surface area contributed by atoms with Gasteiger partial charge in [0.15, 0.2) is 0 Å². The summed E-state index contributed by atoms with van der Waals surface area (Å²) in [6.07, 6.45) is -2.64. The Labute approximate surface area is 205 Å². The minimum Gasteiger partial charge on any atom is -0.492 e. The number of halogens is 5. The van der Waals surface area contributed by atoms with E-state index in [0.717, 1.165) is 6.07 Å². The molecule has 1 aliphatic heterocycles. The second-order valence-electron chi connectivity index (χ2n) is 9.50. The molecule has 36 heavy (non-hydrogen) atoms. The first kappa shape index (κ1) is 26.2. The maximum absolute atomic E-state index is 13.9. The fourth-order valence-corrected chi connectivity index (χ4v) is 4.84. The van der Waals surface area contributed by atoms with Crippen LogP contribution in [-0.4, -0.2) is 40.0 Å². The second kappa shape index (κ2) is 9.85. The Hall–Kier alpha value is -2.92. The Morgan fingerprint density at radius 1 is 1.14 bits per heavy atom. The van der Waals surface area contributed by atoms with E-state index in [1.54, 1.807) is 13.8 Å². The monoisotopic (exact) mass is 513 g/mol.